The van der Waals surface area contributed by atoms with Crippen molar-refractivity contribution >= 4 is 34.0 Å². The molecule has 4 aromatic rings. The van der Waals surface area contributed by atoms with Crippen LogP contribution in [0.25, 0.3) is 22.2 Å². The van der Waals surface area contributed by atoms with E-state index in [1.807, 2.05) is 30.3 Å². The number of benzene rings is 3. The molecule has 4 rings (SSSR count). The summed E-state index contributed by atoms with van der Waals surface area (Å²) in [6.07, 6.45) is 0. The van der Waals surface area contributed by atoms with Gasteiger partial charge in [-0.2, -0.15) is 0 Å². The van der Waals surface area contributed by atoms with Crippen molar-refractivity contribution in [2.45, 2.75) is 6.92 Å². The van der Waals surface area contributed by atoms with Gasteiger partial charge < -0.3 is 15.2 Å². The number of carboxylic acids is 1. The molecule has 154 valence electrons. The van der Waals surface area contributed by atoms with E-state index in [-0.39, 0.29) is 11.3 Å². The molecule has 0 aliphatic carbocycles. The molecule has 0 spiro atoms. The number of rotatable bonds is 6. The van der Waals surface area contributed by atoms with Crippen molar-refractivity contribution < 1.29 is 19.4 Å². The quantitative estimate of drug-likeness (QED) is 0.403. The maximum atomic E-state index is 12.4. The highest BCUT2D eigenvalue weighted by Gasteiger charge is 2.22. The number of nitrogens with zero attached hydrogens (tertiary/aromatic N) is 1. The minimum absolute atomic E-state index is 0.0387. The Labute approximate surface area is 179 Å². The fraction of sp³-hybridized carbons (Fsp3) is 0.0800. The van der Waals surface area contributed by atoms with Gasteiger partial charge in [0.05, 0.1) is 24.0 Å². The van der Waals surface area contributed by atoms with Gasteiger partial charge in [0, 0.05) is 22.2 Å². The van der Waals surface area contributed by atoms with E-state index >= 15 is 0 Å². The lowest BCUT2D eigenvalue weighted by molar-refractivity contribution is 0.0698. The van der Waals surface area contributed by atoms with Crippen molar-refractivity contribution in [2.24, 2.45) is 0 Å². The first kappa shape index (κ1) is 20.1. The largest absolute Gasteiger partial charge is 0.497 e. The predicted molar refractivity (Wildman–Crippen MR) is 120 cm³/mol. The van der Waals surface area contributed by atoms with Crippen LogP contribution in [0.4, 0.5) is 11.4 Å². The molecule has 0 fully saturated rings. The molecule has 6 heteroatoms. The Balaban J connectivity index is 1.98. The van der Waals surface area contributed by atoms with Crippen LogP contribution in [-0.4, -0.2) is 29.0 Å². The van der Waals surface area contributed by atoms with Crippen LogP contribution in [0.15, 0.2) is 72.8 Å². The number of hydrogen-bond donors (Lipinski definition) is 2. The number of carbonyl (C=O) groups excluding carboxylic acids is 1. The lowest BCUT2D eigenvalue weighted by Crippen LogP contribution is -2.08. The molecule has 0 radical (unpaired) electrons. The number of aromatic nitrogens is 1. The number of Topliss-reactive ketones (excluding diaryl/α,β-unsaturated/α-hetero) is 1. The Morgan fingerprint density at radius 2 is 1.68 bits per heavy atom. The first-order chi connectivity index (χ1) is 15.0. The normalized spacial score (nSPS) is 10.6. The van der Waals surface area contributed by atoms with Gasteiger partial charge >= 0.3 is 5.97 Å². The van der Waals surface area contributed by atoms with Crippen molar-refractivity contribution in [3.05, 3.63) is 83.9 Å². The maximum absolute atomic E-state index is 12.4. The summed E-state index contributed by atoms with van der Waals surface area (Å²) in [4.78, 5) is 28.6. The molecule has 0 saturated heterocycles. The monoisotopic (exact) mass is 412 g/mol. The van der Waals surface area contributed by atoms with E-state index in [9.17, 15) is 14.7 Å². The molecule has 0 aliphatic rings. The number of nitrogens with one attached hydrogen (secondary N) is 1. The average molecular weight is 412 g/mol. The van der Waals surface area contributed by atoms with Gasteiger partial charge in [0.1, 0.15) is 11.3 Å². The van der Waals surface area contributed by atoms with Gasteiger partial charge in [-0.05, 0) is 49.4 Å². The predicted octanol–water partition coefficient (Wildman–Crippen LogP) is 5.55. The van der Waals surface area contributed by atoms with Gasteiger partial charge in [-0.15, -0.1) is 0 Å². The van der Waals surface area contributed by atoms with Crippen molar-refractivity contribution in [3.63, 3.8) is 0 Å². The number of methoxy groups -OCH3 is 1. The van der Waals surface area contributed by atoms with E-state index in [1.54, 1.807) is 49.6 Å². The number of ether oxygens (including phenoxy) is 1. The second-order valence-electron chi connectivity index (χ2n) is 7.02. The lowest BCUT2D eigenvalue weighted by atomic mass is 10.00. The molecule has 0 amide bonds. The van der Waals surface area contributed by atoms with E-state index in [0.29, 0.717) is 44.8 Å². The fourth-order valence-corrected chi connectivity index (χ4v) is 3.44. The summed E-state index contributed by atoms with van der Waals surface area (Å²) < 4.78 is 5.34. The number of hydrogen-bond acceptors (Lipinski definition) is 5. The van der Waals surface area contributed by atoms with Gasteiger partial charge in [-0.1, -0.05) is 30.3 Å². The first-order valence-electron chi connectivity index (χ1n) is 9.66. The van der Waals surface area contributed by atoms with Crippen LogP contribution in [-0.2, 0) is 0 Å². The number of fused-ring (bicyclic) bond motifs is 1. The summed E-state index contributed by atoms with van der Waals surface area (Å²) in [5.74, 6) is -0.546. The standard InChI is InChI=1S/C25H20N2O4/c1-15(28)16-8-10-18(11-9-16)26-24-20-14-19(31-2)12-13-21(20)27-23(22(24)25(29)30)17-6-4-3-5-7-17/h3-14H,1-2H3,(H,26,27)(H,29,30). The van der Waals surface area contributed by atoms with E-state index < -0.39 is 5.97 Å². The van der Waals surface area contributed by atoms with Crippen molar-refractivity contribution in [1.82, 2.24) is 4.98 Å². The Morgan fingerprint density at radius 1 is 0.968 bits per heavy atom. The van der Waals surface area contributed by atoms with Gasteiger partial charge in [0.2, 0.25) is 0 Å². The summed E-state index contributed by atoms with van der Waals surface area (Å²) in [6.45, 7) is 1.50. The summed E-state index contributed by atoms with van der Waals surface area (Å²) >= 11 is 0. The number of carbonyl (C=O) groups is 2. The zero-order valence-corrected chi connectivity index (χ0v) is 17.0. The molecule has 31 heavy (non-hydrogen) atoms. The molecule has 6 nitrogen and oxygen atoms in total. The summed E-state index contributed by atoms with van der Waals surface area (Å²) in [5.41, 5.74) is 3.40. The molecular formula is C25H20N2O4. The lowest BCUT2D eigenvalue weighted by Gasteiger charge is -2.17. The second-order valence-corrected chi connectivity index (χ2v) is 7.02. The van der Waals surface area contributed by atoms with Crippen LogP contribution in [0.3, 0.4) is 0 Å². The highest BCUT2D eigenvalue weighted by Crippen LogP contribution is 2.37. The van der Waals surface area contributed by atoms with Gasteiger partial charge in [0.25, 0.3) is 0 Å². The number of pyridine rings is 1. The van der Waals surface area contributed by atoms with Gasteiger partial charge in [0.15, 0.2) is 5.78 Å². The molecule has 0 atom stereocenters. The van der Waals surface area contributed by atoms with Crippen molar-refractivity contribution in [3.8, 4) is 17.0 Å². The fourth-order valence-electron chi connectivity index (χ4n) is 3.44. The maximum Gasteiger partial charge on any atom is 0.340 e. The molecule has 1 heterocycles. The molecule has 3 aromatic carbocycles. The molecule has 0 aliphatic heterocycles. The topological polar surface area (TPSA) is 88.5 Å². The third kappa shape index (κ3) is 3.96. The van der Waals surface area contributed by atoms with Gasteiger partial charge in [-0.25, -0.2) is 9.78 Å². The van der Waals surface area contributed by atoms with E-state index in [1.165, 1.54) is 6.92 Å². The summed E-state index contributed by atoms with van der Waals surface area (Å²) in [7, 11) is 1.55. The molecule has 1 aromatic heterocycles. The molecule has 0 unspecified atom stereocenters. The summed E-state index contributed by atoms with van der Waals surface area (Å²) in [5, 5.41) is 14.0. The molecule has 2 N–H and O–H groups in total. The van der Waals surface area contributed by atoms with E-state index in [0.717, 1.165) is 0 Å². The van der Waals surface area contributed by atoms with Crippen LogP contribution in [0, 0.1) is 0 Å². The molecule has 0 saturated carbocycles. The van der Waals surface area contributed by atoms with Crippen LogP contribution >= 0.6 is 0 Å². The highest BCUT2D eigenvalue weighted by molar-refractivity contribution is 6.10. The van der Waals surface area contributed by atoms with Crippen LogP contribution in [0.1, 0.15) is 27.6 Å². The number of ketones is 1. The first-order valence-corrected chi connectivity index (χ1v) is 9.66. The Kier molecular flexibility index (Phi) is 5.37. The summed E-state index contributed by atoms with van der Waals surface area (Å²) in [6, 6.07) is 21.5. The van der Waals surface area contributed by atoms with Crippen LogP contribution in [0.2, 0.25) is 0 Å². The van der Waals surface area contributed by atoms with Crippen LogP contribution < -0.4 is 10.1 Å². The average Bonchev–Trinajstić information content (AvgIpc) is 2.79. The number of carboxylic acid groups (broad SMARTS) is 1. The Morgan fingerprint density at radius 3 is 2.29 bits per heavy atom. The van der Waals surface area contributed by atoms with E-state index in [2.05, 4.69) is 10.3 Å². The Hall–Kier alpha value is -4.19. The minimum Gasteiger partial charge on any atom is -0.497 e. The number of anilines is 2. The zero-order valence-electron chi connectivity index (χ0n) is 17.0. The SMILES string of the molecule is COc1ccc2nc(-c3ccccc3)c(C(=O)O)c(Nc3ccc(C(C)=O)cc3)c2c1. The second kappa shape index (κ2) is 8.28. The zero-order chi connectivity index (χ0) is 22.0. The number of aromatic carboxylic acids is 1. The van der Waals surface area contributed by atoms with Crippen molar-refractivity contribution in [1.29, 1.82) is 0 Å². The Bertz CT molecular complexity index is 1280. The van der Waals surface area contributed by atoms with Gasteiger partial charge in [-0.3, -0.25) is 4.79 Å². The highest BCUT2D eigenvalue weighted by atomic mass is 16.5. The molecular weight excluding hydrogens is 392 g/mol. The smallest absolute Gasteiger partial charge is 0.340 e. The molecule has 0 bridgehead atoms. The van der Waals surface area contributed by atoms with Crippen LogP contribution in [0.5, 0.6) is 5.75 Å². The van der Waals surface area contributed by atoms with E-state index in [4.69, 9.17) is 4.74 Å². The third-order valence-corrected chi connectivity index (χ3v) is 5.01. The van der Waals surface area contributed by atoms with Crippen molar-refractivity contribution in [2.75, 3.05) is 12.4 Å². The third-order valence-electron chi connectivity index (χ3n) is 5.01. The minimum atomic E-state index is -1.10.